The Kier molecular flexibility index (Phi) is 6.48. The number of nitrogens with zero attached hydrogens (tertiary/aromatic N) is 1. The lowest BCUT2D eigenvalue weighted by molar-refractivity contribution is 0.299. The smallest absolute Gasteiger partial charge is 0.243 e. The van der Waals surface area contributed by atoms with Crippen LogP contribution in [0, 0.1) is 0 Å². The first-order chi connectivity index (χ1) is 9.06. The molecule has 1 rings (SSSR count). The van der Waals surface area contributed by atoms with E-state index in [1.54, 1.807) is 24.3 Å². The molecule has 108 valence electrons. The molecule has 0 aliphatic carbocycles. The second-order valence-electron chi connectivity index (χ2n) is 4.52. The van der Waals surface area contributed by atoms with Crippen LogP contribution in [-0.2, 0) is 16.4 Å². The van der Waals surface area contributed by atoms with Gasteiger partial charge in [0.05, 0.1) is 4.90 Å². The van der Waals surface area contributed by atoms with E-state index in [9.17, 15) is 8.42 Å². The van der Waals surface area contributed by atoms with Crippen molar-refractivity contribution < 1.29 is 13.5 Å². The van der Waals surface area contributed by atoms with Gasteiger partial charge >= 0.3 is 0 Å². The number of benzene rings is 1. The molecule has 5 heteroatoms. The molecule has 0 heterocycles. The number of aliphatic hydroxyl groups is 1. The lowest BCUT2D eigenvalue weighted by atomic mass is 10.2. The van der Waals surface area contributed by atoms with Crippen LogP contribution in [0.25, 0.3) is 0 Å². The van der Waals surface area contributed by atoms with E-state index in [1.165, 1.54) is 4.31 Å². The van der Waals surface area contributed by atoms with Crippen LogP contribution in [0.3, 0.4) is 0 Å². The summed E-state index contributed by atoms with van der Waals surface area (Å²) in [6.45, 7) is 5.12. The highest BCUT2D eigenvalue weighted by molar-refractivity contribution is 7.89. The van der Waals surface area contributed by atoms with E-state index in [-0.39, 0.29) is 6.61 Å². The van der Waals surface area contributed by atoms with E-state index in [0.29, 0.717) is 24.4 Å². The summed E-state index contributed by atoms with van der Waals surface area (Å²) >= 11 is 0. The standard InChI is InChI=1S/C14H23NO3S/c1-3-10-15(11-4-2)19(17,18)14-7-5-13(6-8-14)9-12-16/h5-8,16H,3-4,9-12H2,1-2H3. The van der Waals surface area contributed by atoms with Crippen LogP contribution in [0.2, 0.25) is 0 Å². The lowest BCUT2D eigenvalue weighted by Crippen LogP contribution is -2.32. The summed E-state index contributed by atoms with van der Waals surface area (Å²) in [5, 5.41) is 8.85. The molecule has 0 aliphatic heterocycles. The highest BCUT2D eigenvalue weighted by Gasteiger charge is 2.22. The molecule has 0 saturated carbocycles. The Hall–Kier alpha value is -0.910. The summed E-state index contributed by atoms with van der Waals surface area (Å²) in [7, 11) is -3.39. The molecule has 0 atom stereocenters. The van der Waals surface area contributed by atoms with Crippen LogP contribution < -0.4 is 0 Å². The summed E-state index contributed by atoms with van der Waals surface area (Å²) < 4.78 is 26.5. The maximum atomic E-state index is 12.5. The predicted molar refractivity (Wildman–Crippen MR) is 76.6 cm³/mol. The zero-order valence-corrected chi connectivity index (χ0v) is 12.5. The van der Waals surface area contributed by atoms with Crippen LogP contribution in [0.1, 0.15) is 32.3 Å². The minimum Gasteiger partial charge on any atom is -0.396 e. The van der Waals surface area contributed by atoms with Gasteiger partial charge in [-0.25, -0.2) is 8.42 Å². The third kappa shape index (κ3) is 4.30. The Balaban J connectivity index is 2.96. The van der Waals surface area contributed by atoms with Gasteiger partial charge in [0, 0.05) is 19.7 Å². The molecule has 0 aliphatic rings. The van der Waals surface area contributed by atoms with Crippen LogP contribution in [0.5, 0.6) is 0 Å². The Labute approximate surface area is 116 Å². The molecule has 0 saturated heterocycles. The van der Waals surface area contributed by atoms with E-state index < -0.39 is 10.0 Å². The minimum atomic E-state index is -3.39. The average Bonchev–Trinajstić information content (AvgIpc) is 2.39. The summed E-state index contributed by atoms with van der Waals surface area (Å²) in [5.74, 6) is 0. The topological polar surface area (TPSA) is 57.6 Å². The summed E-state index contributed by atoms with van der Waals surface area (Å²) in [4.78, 5) is 0.330. The fourth-order valence-corrected chi connectivity index (χ4v) is 3.58. The van der Waals surface area contributed by atoms with Crippen molar-refractivity contribution in [3.63, 3.8) is 0 Å². The van der Waals surface area contributed by atoms with Crippen molar-refractivity contribution in [2.24, 2.45) is 0 Å². The maximum Gasteiger partial charge on any atom is 0.243 e. The van der Waals surface area contributed by atoms with Crippen molar-refractivity contribution in [1.29, 1.82) is 0 Å². The predicted octanol–water partition coefficient (Wildman–Crippen LogP) is 2.03. The first kappa shape index (κ1) is 16.1. The Bertz CT molecular complexity index is 462. The molecule has 19 heavy (non-hydrogen) atoms. The Morgan fingerprint density at radius 2 is 1.58 bits per heavy atom. The summed E-state index contributed by atoms with van der Waals surface area (Å²) in [5.41, 5.74) is 0.944. The quantitative estimate of drug-likeness (QED) is 0.795. The van der Waals surface area contributed by atoms with E-state index in [4.69, 9.17) is 5.11 Å². The van der Waals surface area contributed by atoms with Gasteiger partial charge < -0.3 is 5.11 Å². The van der Waals surface area contributed by atoms with Gasteiger partial charge in [0.15, 0.2) is 0 Å². The lowest BCUT2D eigenvalue weighted by Gasteiger charge is -2.21. The first-order valence-electron chi connectivity index (χ1n) is 6.76. The van der Waals surface area contributed by atoms with Crippen LogP contribution in [0.15, 0.2) is 29.2 Å². The number of hydrogen-bond donors (Lipinski definition) is 1. The fourth-order valence-electron chi connectivity index (χ4n) is 1.96. The Morgan fingerprint density at radius 3 is 2.00 bits per heavy atom. The largest absolute Gasteiger partial charge is 0.396 e. The van der Waals surface area contributed by atoms with E-state index in [1.807, 2.05) is 13.8 Å². The molecule has 0 radical (unpaired) electrons. The number of rotatable bonds is 8. The zero-order chi connectivity index (χ0) is 14.3. The molecule has 0 fully saturated rings. The second-order valence-corrected chi connectivity index (χ2v) is 6.46. The molecule has 0 bridgehead atoms. The van der Waals surface area contributed by atoms with Crippen LogP contribution >= 0.6 is 0 Å². The third-order valence-corrected chi connectivity index (χ3v) is 4.82. The van der Waals surface area contributed by atoms with Crippen molar-refractivity contribution in [3.05, 3.63) is 29.8 Å². The first-order valence-corrected chi connectivity index (χ1v) is 8.20. The third-order valence-electron chi connectivity index (χ3n) is 2.91. The molecular formula is C14H23NO3S. The van der Waals surface area contributed by atoms with Crippen LogP contribution in [0.4, 0.5) is 0 Å². The van der Waals surface area contributed by atoms with Gasteiger partial charge in [0.25, 0.3) is 0 Å². The van der Waals surface area contributed by atoms with E-state index in [2.05, 4.69) is 0 Å². The molecular weight excluding hydrogens is 262 g/mol. The molecule has 0 unspecified atom stereocenters. The molecule has 0 aromatic heterocycles. The van der Waals surface area contributed by atoms with Gasteiger partial charge in [-0.05, 0) is 37.0 Å². The molecule has 0 spiro atoms. The minimum absolute atomic E-state index is 0.0733. The van der Waals surface area contributed by atoms with Gasteiger partial charge in [-0.3, -0.25) is 0 Å². The van der Waals surface area contributed by atoms with Crippen molar-refractivity contribution in [1.82, 2.24) is 4.31 Å². The maximum absolute atomic E-state index is 12.5. The van der Waals surface area contributed by atoms with Gasteiger partial charge in [-0.15, -0.1) is 0 Å². The number of aliphatic hydroxyl groups excluding tert-OH is 1. The SMILES string of the molecule is CCCN(CCC)S(=O)(=O)c1ccc(CCO)cc1. The molecule has 4 nitrogen and oxygen atoms in total. The summed E-state index contributed by atoms with van der Waals surface area (Å²) in [6.07, 6.45) is 2.16. The van der Waals surface area contributed by atoms with Gasteiger partial charge in [-0.1, -0.05) is 26.0 Å². The van der Waals surface area contributed by atoms with Crippen molar-refractivity contribution >= 4 is 10.0 Å². The monoisotopic (exact) mass is 285 g/mol. The fraction of sp³-hybridized carbons (Fsp3) is 0.571. The number of sulfonamides is 1. The number of hydrogen-bond acceptors (Lipinski definition) is 3. The van der Waals surface area contributed by atoms with E-state index in [0.717, 1.165) is 18.4 Å². The average molecular weight is 285 g/mol. The van der Waals surface area contributed by atoms with Crippen molar-refractivity contribution in [3.8, 4) is 0 Å². The van der Waals surface area contributed by atoms with Crippen LogP contribution in [-0.4, -0.2) is 37.5 Å². The highest BCUT2D eigenvalue weighted by Crippen LogP contribution is 2.17. The van der Waals surface area contributed by atoms with Gasteiger partial charge in [0.1, 0.15) is 0 Å². The zero-order valence-electron chi connectivity index (χ0n) is 11.7. The molecule has 1 aromatic rings. The second kappa shape index (κ2) is 7.62. The highest BCUT2D eigenvalue weighted by atomic mass is 32.2. The molecule has 1 aromatic carbocycles. The van der Waals surface area contributed by atoms with Crippen molar-refractivity contribution in [2.75, 3.05) is 19.7 Å². The normalized spacial score (nSPS) is 12.0. The van der Waals surface area contributed by atoms with Gasteiger partial charge in [0.2, 0.25) is 10.0 Å². The Morgan fingerprint density at radius 1 is 1.05 bits per heavy atom. The summed E-state index contributed by atoms with van der Waals surface area (Å²) in [6, 6.07) is 6.77. The molecule has 0 amide bonds. The molecule has 1 N–H and O–H groups in total. The van der Waals surface area contributed by atoms with Crippen molar-refractivity contribution in [2.45, 2.75) is 38.0 Å². The van der Waals surface area contributed by atoms with E-state index >= 15 is 0 Å². The van der Waals surface area contributed by atoms with Gasteiger partial charge in [-0.2, -0.15) is 4.31 Å².